The summed E-state index contributed by atoms with van der Waals surface area (Å²) in [6, 6.07) is 14.7. The summed E-state index contributed by atoms with van der Waals surface area (Å²) in [7, 11) is 0. The molecule has 2 unspecified atom stereocenters. The molecule has 0 aliphatic carbocycles. The summed E-state index contributed by atoms with van der Waals surface area (Å²) >= 11 is 0. The summed E-state index contributed by atoms with van der Waals surface area (Å²) in [5.41, 5.74) is 1.98. The minimum absolute atomic E-state index is 0. The molecule has 6 heteroatoms. The van der Waals surface area contributed by atoms with Crippen LogP contribution in [0.25, 0.3) is 22.3 Å². The topological polar surface area (TPSA) is 71.3 Å². The van der Waals surface area contributed by atoms with Gasteiger partial charge >= 0.3 is 0 Å². The highest BCUT2D eigenvalue weighted by molar-refractivity contribution is 6.05. The summed E-state index contributed by atoms with van der Waals surface area (Å²) in [6.07, 6.45) is 1.02. The van der Waals surface area contributed by atoms with Crippen LogP contribution in [0.2, 0.25) is 0 Å². The number of hydrogen-bond donors (Lipinski definition) is 2. The minimum Gasteiger partial charge on any atom is -0.455 e. The van der Waals surface area contributed by atoms with Crippen LogP contribution in [-0.4, -0.2) is 25.0 Å². The lowest BCUT2D eigenvalue weighted by atomic mass is 9.94. The maximum atomic E-state index is 13.0. The highest BCUT2D eigenvalue weighted by atomic mass is 35.5. The van der Waals surface area contributed by atoms with Crippen molar-refractivity contribution in [3.63, 3.8) is 0 Å². The summed E-state index contributed by atoms with van der Waals surface area (Å²) in [4.78, 5) is 26.0. The lowest BCUT2D eigenvalue weighted by molar-refractivity contribution is 0.0916. The van der Waals surface area contributed by atoms with Gasteiger partial charge < -0.3 is 15.1 Å². The second kappa shape index (κ2) is 8.80. The number of carbonyl (C=O) groups is 1. The van der Waals surface area contributed by atoms with E-state index in [9.17, 15) is 9.59 Å². The van der Waals surface area contributed by atoms with Gasteiger partial charge in [-0.05, 0) is 37.9 Å². The Morgan fingerprint density at radius 2 is 1.90 bits per heavy atom. The maximum absolute atomic E-state index is 13.0. The lowest BCUT2D eigenvalue weighted by Crippen LogP contribution is -2.50. The molecular weight excluding hydrogens is 388 g/mol. The maximum Gasteiger partial charge on any atom is 0.255 e. The number of piperidine rings is 1. The van der Waals surface area contributed by atoms with Gasteiger partial charge in [0.1, 0.15) is 5.76 Å². The molecule has 2 aromatic carbocycles. The second-order valence-electron chi connectivity index (χ2n) is 7.48. The number of rotatable bonds is 3. The molecule has 0 saturated carbocycles. The van der Waals surface area contributed by atoms with E-state index >= 15 is 0 Å². The van der Waals surface area contributed by atoms with Crippen LogP contribution in [0.1, 0.15) is 29.3 Å². The Morgan fingerprint density at radius 3 is 2.62 bits per heavy atom. The predicted octanol–water partition coefficient (Wildman–Crippen LogP) is 3.92. The van der Waals surface area contributed by atoms with E-state index in [1.165, 1.54) is 0 Å². The molecule has 1 aliphatic rings. The molecule has 1 fully saturated rings. The van der Waals surface area contributed by atoms with Crippen LogP contribution in [0.4, 0.5) is 0 Å². The first kappa shape index (κ1) is 21.1. The van der Waals surface area contributed by atoms with Crippen molar-refractivity contribution < 1.29 is 9.21 Å². The second-order valence-corrected chi connectivity index (χ2v) is 7.48. The largest absolute Gasteiger partial charge is 0.455 e. The van der Waals surface area contributed by atoms with Crippen molar-refractivity contribution >= 4 is 29.3 Å². The molecule has 1 aromatic heterocycles. The van der Waals surface area contributed by atoms with Crippen LogP contribution in [-0.2, 0) is 0 Å². The first-order chi connectivity index (χ1) is 13.6. The SMILES string of the molecule is Cc1c(-c2ccccc2)oc2c(C(=O)NC3CNCCC3C)cccc2c1=O.Cl. The molecule has 2 atom stereocenters. The van der Waals surface area contributed by atoms with Gasteiger partial charge in [-0.1, -0.05) is 43.3 Å². The molecule has 2 heterocycles. The van der Waals surface area contributed by atoms with Gasteiger partial charge in [0.25, 0.3) is 5.91 Å². The van der Waals surface area contributed by atoms with E-state index in [2.05, 4.69) is 17.6 Å². The number of benzene rings is 2. The van der Waals surface area contributed by atoms with Crippen molar-refractivity contribution in [1.29, 1.82) is 0 Å². The quantitative estimate of drug-likeness (QED) is 0.684. The molecule has 0 bridgehead atoms. The van der Waals surface area contributed by atoms with Crippen molar-refractivity contribution in [3.8, 4) is 11.3 Å². The van der Waals surface area contributed by atoms with Crippen LogP contribution in [0.3, 0.4) is 0 Å². The molecule has 152 valence electrons. The van der Waals surface area contributed by atoms with Crippen molar-refractivity contribution in [2.75, 3.05) is 13.1 Å². The standard InChI is InChI=1S/C23H24N2O3.ClH/c1-14-11-12-24-13-19(14)25-23(27)18-10-6-9-17-20(26)15(2)21(28-22(17)18)16-7-4-3-5-8-16;/h3-10,14,19,24H,11-13H2,1-2H3,(H,25,27);1H. The predicted molar refractivity (Wildman–Crippen MR) is 118 cm³/mol. The van der Waals surface area contributed by atoms with Crippen LogP contribution in [0.5, 0.6) is 0 Å². The third kappa shape index (κ3) is 4.07. The highest BCUT2D eigenvalue weighted by Crippen LogP contribution is 2.27. The smallest absolute Gasteiger partial charge is 0.255 e. The average Bonchev–Trinajstić information content (AvgIpc) is 2.72. The first-order valence-corrected chi connectivity index (χ1v) is 9.69. The average molecular weight is 413 g/mol. The van der Waals surface area contributed by atoms with E-state index in [0.29, 0.717) is 33.8 Å². The normalized spacial score (nSPS) is 18.8. The minimum atomic E-state index is -0.211. The zero-order chi connectivity index (χ0) is 19.7. The molecular formula is C23H25ClN2O3. The molecule has 1 saturated heterocycles. The highest BCUT2D eigenvalue weighted by Gasteiger charge is 2.25. The number of carbonyl (C=O) groups excluding carboxylic acids is 1. The number of hydrogen-bond acceptors (Lipinski definition) is 4. The number of halogens is 1. The summed E-state index contributed by atoms with van der Waals surface area (Å²) in [6.45, 7) is 5.62. The molecule has 5 nitrogen and oxygen atoms in total. The van der Waals surface area contributed by atoms with Crippen LogP contribution in [0, 0.1) is 12.8 Å². The fourth-order valence-electron chi connectivity index (χ4n) is 3.78. The fraction of sp³-hybridized carbons (Fsp3) is 0.304. The molecule has 29 heavy (non-hydrogen) atoms. The van der Waals surface area contributed by atoms with E-state index < -0.39 is 0 Å². The van der Waals surface area contributed by atoms with Gasteiger partial charge in [-0.15, -0.1) is 12.4 Å². The van der Waals surface area contributed by atoms with Crippen LogP contribution in [0.15, 0.2) is 57.7 Å². The van der Waals surface area contributed by atoms with E-state index in [1.54, 1.807) is 25.1 Å². The number of para-hydroxylation sites is 1. The zero-order valence-corrected chi connectivity index (χ0v) is 17.3. The van der Waals surface area contributed by atoms with Gasteiger partial charge in [-0.2, -0.15) is 0 Å². The zero-order valence-electron chi connectivity index (χ0n) is 16.5. The van der Waals surface area contributed by atoms with Crippen molar-refractivity contribution in [1.82, 2.24) is 10.6 Å². The summed E-state index contributed by atoms with van der Waals surface area (Å²) in [5, 5.41) is 6.86. The van der Waals surface area contributed by atoms with Crippen molar-refractivity contribution in [3.05, 3.63) is 69.9 Å². The Bertz CT molecular complexity index is 1080. The molecule has 0 radical (unpaired) electrons. The molecule has 0 spiro atoms. The van der Waals surface area contributed by atoms with Crippen molar-refractivity contribution in [2.45, 2.75) is 26.3 Å². The Hall–Kier alpha value is -2.63. The van der Waals surface area contributed by atoms with Gasteiger partial charge in [0.2, 0.25) is 0 Å². The van der Waals surface area contributed by atoms with E-state index in [-0.39, 0.29) is 29.8 Å². The Morgan fingerprint density at radius 1 is 1.14 bits per heavy atom. The van der Waals surface area contributed by atoms with Gasteiger partial charge in [-0.25, -0.2) is 0 Å². The third-order valence-corrected chi connectivity index (χ3v) is 5.57. The Balaban J connectivity index is 0.00000240. The van der Waals surface area contributed by atoms with Gasteiger partial charge in [0.05, 0.1) is 10.9 Å². The van der Waals surface area contributed by atoms with Crippen LogP contribution >= 0.6 is 12.4 Å². The van der Waals surface area contributed by atoms with Gasteiger partial charge in [0.15, 0.2) is 11.0 Å². The lowest BCUT2D eigenvalue weighted by Gasteiger charge is -2.30. The number of amides is 1. The molecule has 3 aromatic rings. The number of fused-ring (bicyclic) bond motifs is 1. The number of nitrogens with one attached hydrogen (secondary N) is 2. The summed E-state index contributed by atoms with van der Waals surface area (Å²) in [5.74, 6) is 0.692. The summed E-state index contributed by atoms with van der Waals surface area (Å²) < 4.78 is 6.15. The fourth-order valence-corrected chi connectivity index (χ4v) is 3.78. The molecule has 1 aliphatic heterocycles. The molecule has 1 amide bonds. The van der Waals surface area contributed by atoms with E-state index in [1.807, 2.05) is 30.3 Å². The monoisotopic (exact) mass is 412 g/mol. The molecule has 2 N–H and O–H groups in total. The van der Waals surface area contributed by atoms with Crippen molar-refractivity contribution in [2.24, 2.45) is 5.92 Å². The van der Waals surface area contributed by atoms with E-state index in [4.69, 9.17) is 4.42 Å². The van der Waals surface area contributed by atoms with Gasteiger partial charge in [-0.3, -0.25) is 9.59 Å². The third-order valence-electron chi connectivity index (χ3n) is 5.57. The Labute approximate surface area is 175 Å². The first-order valence-electron chi connectivity index (χ1n) is 9.69. The molecule has 4 rings (SSSR count). The Kier molecular flexibility index (Phi) is 6.40. The van der Waals surface area contributed by atoms with Gasteiger partial charge in [0, 0.05) is 23.7 Å². The van der Waals surface area contributed by atoms with E-state index in [0.717, 1.165) is 25.1 Å². The van der Waals surface area contributed by atoms with Crippen LogP contribution < -0.4 is 16.1 Å².